The molecule has 2 nitrogen and oxygen atoms in total. The Morgan fingerprint density at radius 2 is 1.81 bits per heavy atom. The van der Waals surface area contributed by atoms with Crippen LogP contribution in [-0.2, 0) is 6.54 Å². The fourth-order valence-electron chi connectivity index (χ4n) is 3.17. The quantitative estimate of drug-likeness (QED) is 0.880. The van der Waals surface area contributed by atoms with Crippen molar-refractivity contribution in [3.8, 4) is 0 Å². The van der Waals surface area contributed by atoms with Crippen molar-refractivity contribution < 1.29 is 0 Å². The highest BCUT2D eigenvalue weighted by Gasteiger charge is 2.28. The Labute approximate surface area is 130 Å². The van der Waals surface area contributed by atoms with Crippen LogP contribution in [0.1, 0.15) is 58.1 Å². The van der Waals surface area contributed by atoms with Gasteiger partial charge in [0.2, 0.25) is 0 Å². The zero-order valence-electron chi connectivity index (χ0n) is 14.4. The van der Waals surface area contributed by atoms with E-state index < -0.39 is 0 Å². The molecule has 1 aliphatic rings. The maximum atomic E-state index is 3.72. The molecule has 1 aliphatic heterocycles. The molecule has 0 spiro atoms. The first-order valence-electron chi connectivity index (χ1n) is 8.57. The molecule has 118 valence electrons. The van der Waals surface area contributed by atoms with E-state index in [2.05, 4.69) is 69.1 Å². The van der Waals surface area contributed by atoms with Gasteiger partial charge < -0.3 is 5.32 Å². The molecule has 0 aromatic heterocycles. The normalized spacial score (nSPS) is 24.0. The predicted octanol–water partition coefficient (Wildman–Crippen LogP) is 4.02. The van der Waals surface area contributed by atoms with E-state index in [1.807, 2.05) is 0 Å². The van der Waals surface area contributed by atoms with Crippen LogP contribution in [0.15, 0.2) is 24.3 Å². The zero-order valence-corrected chi connectivity index (χ0v) is 14.4. The molecule has 0 bridgehead atoms. The van der Waals surface area contributed by atoms with E-state index in [4.69, 9.17) is 0 Å². The Balaban J connectivity index is 2.03. The van der Waals surface area contributed by atoms with Crippen LogP contribution in [0.3, 0.4) is 0 Å². The number of nitrogens with zero attached hydrogens (tertiary/aromatic N) is 1. The minimum atomic E-state index is 0.618. The van der Waals surface area contributed by atoms with Gasteiger partial charge in [-0.1, -0.05) is 58.9 Å². The minimum absolute atomic E-state index is 0.618. The summed E-state index contributed by atoms with van der Waals surface area (Å²) in [6.45, 7) is 14.8. The van der Waals surface area contributed by atoms with Crippen LogP contribution in [0.4, 0.5) is 0 Å². The molecular formula is C19H32N2. The van der Waals surface area contributed by atoms with Crippen molar-refractivity contribution in [2.75, 3.05) is 13.1 Å². The van der Waals surface area contributed by atoms with Gasteiger partial charge in [0, 0.05) is 31.7 Å². The molecule has 1 fully saturated rings. The van der Waals surface area contributed by atoms with Gasteiger partial charge in [0.25, 0.3) is 0 Å². The van der Waals surface area contributed by atoms with E-state index in [0.717, 1.165) is 13.1 Å². The van der Waals surface area contributed by atoms with Crippen LogP contribution < -0.4 is 5.32 Å². The van der Waals surface area contributed by atoms with E-state index in [9.17, 15) is 0 Å². The van der Waals surface area contributed by atoms with E-state index in [-0.39, 0.29) is 0 Å². The van der Waals surface area contributed by atoms with Gasteiger partial charge in [-0.25, -0.2) is 0 Å². The highest BCUT2D eigenvalue weighted by atomic mass is 15.2. The van der Waals surface area contributed by atoms with Gasteiger partial charge in [-0.2, -0.15) is 0 Å². The lowest BCUT2D eigenvalue weighted by molar-refractivity contribution is 0.103. The molecule has 1 aromatic rings. The highest BCUT2D eigenvalue weighted by molar-refractivity contribution is 5.24. The van der Waals surface area contributed by atoms with Gasteiger partial charge >= 0.3 is 0 Å². The van der Waals surface area contributed by atoms with Crippen molar-refractivity contribution >= 4 is 0 Å². The van der Waals surface area contributed by atoms with Crippen LogP contribution >= 0.6 is 0 Å². The van der Waals surface area contributed by atoms with Crippen LogP contribution in [0.25, 0.3) is 0 Å². The van der Waals surface area contributed by atoms with Crippen LogP contribution in [-0.4, -0.2) is 30.1 Å². The topological polar surface area (TPSA) is 15.3 Å². The summed E-state index contributed by atoms with van der Waals surface area (Å²) in [4.78, 5) is 2.67. The van der Waals surface area contributed by atoms with Gasteiger partial charge in [-0.05, 0) is 29.4 Å². The third-order valence-corrected chi connectivity index (χ3v) is 4.87. The first-order valence-corrected chi connectivity index (χ1v) is 8.57. The Bertz CT molecular complexity index is 422. The van der Waals surface area contributed by atoms with E-state index >= 15 is 0 Å². The standard InChI is InChI=1S/C19H32N2/c1-6-18-11-20-19(15(4)5)13-21(18)12-16-7-9-17(10-8-16)14(2)3/h7-10,14-15,18-20H,6,11-13H2,1-5H3. The molecule has 2 atom stereocenters. The average Bonchev–Trinajstić information content (AvgIpc) is 2.47. The molecule has 1 N–H and O–H groups in total. The fraction of sp³-hybridized carbons (Fsp3) is 0.684. The number of rotatable bonds is 5. The Hall–Kier alpha value is -0.860. The maximum absolute atomic E-state index is 3.72. The summed E-state index contributed by atoms with van der Waals surface area (Å²) in [5, 5.41) is 3.72. The number of nitrogens with one attached hydrogen (secondary N) is 1. The number of benzene rings is 1. The summed E-state index contributed by atoms with van der Waals surface area (Å²) in [5.74, 6) is 1.32. The molecule has 0 aliphatic carbocycles. The third kappa shape index (κ3) is 4.31. The summed E-state index contributed by atoms with van der Waals surface area (Å²) >= 11 is 0. The molecule has 1 heterocycles. The molecule has 1 aromatic carbocycles. The van der Waals surface area contributed by atoms with Gasteiger partial charge in [0.1, 0.15) is 0 Å². The smallest absolute Gasteiger partial charge is 0.0237 e. The molecule has 0 radical (unpaired) electrons. The lowest BCUT2D eigenvalue weighted by Crippen LogP contribution is -2.57. The average molecular weight is 288 g/mol. The fourth-order valence-corrected chi connectivity index (χ4v) is 3.17. The molecule has 2 unspecified atom stereocenters. The lowest BCUT2D eigenvalue weighted by atomic mass is 9.97. The van der Waals surface area contributed by atoms with E-state index in [1.165, 1.54) is 24.1 Å². The van der Waals surface area contributed by atoms with Crippen molar-refractivity contribution in [1.29, 1.82) is 0 Å². The molecular weight excluding hydrogens is 256 g/mol. The van der Waals surface area contributed by atoms with Crippen molar-refractivity contribution in [2.45, 2.75) is 65.6 Å². The minimum Gasteiger partial charge on any atom is -0.311 e. The second-order valence-corrected chi connectivity index (χ2v) is 7.15. The summed E-state index contributed by atoms with van der Waals surface area (Å²) in [5.41, 5.74) is 2.88. The molecule has 1 saturated heterocycles. The molecule has 0 amide bonds. The summed E-state index contributed by atoms with van der Waals surface area (Å²) in [6, 6.07) is 10.5. The summed E-state index contributed by atoms with van der Waals surface area (Å²) in [6.07, 6.45) is 1.22. The van der Waals surface area contributed by atoms with Gasteiger partial charge in [-0.3, -0.25) is 4.90 Å². The highest BCUT2D eigenvalue weighted by Crippen LogP contribution is 2.20. The lowest BCUT2D eigenvalue weighted by Gasteiger charge is -2.41. The van der Waals surface area contributed by atoms with Gasteiger partial charge in [0.15, 0.2) is 0 Å². The monoisotopic (exact) mass is 288 g/mol. The summed E-state index contributed by atoms with van der Waals surface area (Å²) in [7, 11) is 0. The largest absolute Gasteiger partial charge is 0.311 e. The molecule has 0 saturated carbocycles. The van der Waals surface area contributed by atoms with E-state index in [0.29, 0.717) is 23.9 Å². The van der Waals surface area contributed by atoms with Crippen molar-refractivity contribution in [3.63, 3.8) is 0 Å². The molecule has 2 rings (SSSR count). The third-order valence-electron chi connectivity index (χ3n) is 4.87. The first-order chi connectivity index (χ1) is 10.0. The number of piperazine rings is 1. The Morgan fingerprint density at radius 3 is 2.33 bits per heavy atom. The summed E-state index contributed by atoms with van der Waals surface area (Å²) < 4.78 is 0. The van der Waals surface area contributed by atoms with Crippen molar-refractivity contribution in [2.24, 2.45) is 5.92 Å². The number of hydrogen-bond donors (Lipinski definition) is 1. The van der Waals surface area contributed by atoms with Crippen molar-refractivity contribution in [3.05, 3.63) is 35.4 Å². The predicted molar refractivity (Wildman–Crippen MR) is 91.6 cm³/mol. The Kier molecular flexibility index (Phi) is 5.83. The Morgan fingerprint density at radius 1 is 1.14 bits per heavy atom. The SMILES string of the molecule is CCC1CNC(C(C)C)CN1Cc1ccc(C(C)C)cc1. The second-order valence-electron chi connectivity index (χ2n) is 7.15. The van der Waals surface area contributed by atoms with Crippen LogP contribution in [0.2, 0.25) is 0 Å². The van der Waals surface area contributed by atoms with E-state index in [1.54, 1.807) is 0 Å². The molecule has 21 heavy (non-hydrogen) atoms. The van der Waals surface area contributed by atoms with Crippen molar-refractivity contribution in [1.82, 2.24) is 10.2 Å². The first kappa shape index (κ1) is 16.5. The van der Waals surface area contributed by atoms with Gasteiger partial charge in [0.05, 0.1) is 0 Å². The van der Waals surface area contributed by atoms with Crippen LogP contribution in [0, 0.1) is 5.92 Å². The zero-order chi connectivity index (χ0) is 15.4. The number of hydrogen-bond acceptors (Lipinski definition) is 2. The molecule has 2 heteroatoms. The second kappa shape index (κ2) is 7.42. The van der Waals surface area contributed by atoms with Crippen LogP contribution in [0.5, 0.6) is 0 Å². The van der Waals surface area contributed by atoms with Gasteiger partial charge in [-0.15, -0.1) is 0 Å². The maximum Gasteiger partial charge on any atom is 0.0237 e.